The second-order valence-electron chi connectivity index (χ2n) is 8.31. The number of fused-ring (bicyclic) bond motifs is 1. The van der Waals surface area contributed by atoms with Crippen LogP contribution in [-0.4, -0.2) is 18.4 Å². The molecule has 0 spiro atoms. The highest BCUT2D eigenvalue weighted by Gasteiger charge is 2.29. The highest BCUT2D eigenvalue weighted by atomic mass is 79.9. The molecule has 0 aliphatic carbocycles. The first kappa shape index (κ1) is 23.6. The fourth-order valence-corrected chi connectivity index (χ4v) is 4.59. The van der Waals surface area contributed by atoms with Gasteiger partial charge in [0.1, 0.15) is 23.8 Å². The van der Waals surface area contributed by atoms with E-state index < -0.39 is 0 Å². The molecule has 5 rings (SSSR count). The molecule has 6 nitrogen and oxygen atoms in total. The highest BCUT2D eigenvalue weighted by Crippen LogP contribution is 2.40. The Balaban J connectivity index is 1.28. The fourth-order valence-electron chi connectivity index (χ4n) is 3.93. The van der Waals surface area contributed by atoms with E-state index >= 15 is 0 Å². The van der Waals surface area contributed by atoms with Gasteiger partial charge in [-0.3, -0.25) is 9.59 Å². The summed E-state index contributed by atoms with van der Waals surface area (Å²) in [6.07, 6.45) is 0. The molecule has 1 N–H and O–H groups in total. The third-order valence-corrected chi connectivity index (χ3v) is 6.36. The van der Waals surface area contributed by atoms with Gasteiger partial charge in [-0.15, -0.1) is 0 Å². The first-order valence-electron chi connectivity index (χ1n) is 11.5. The number of amides is 2. The van der Waals surface area contributed by atoms with Crippen LogP contribution in [0.4, 0.5) is 11.4 Å². The molecule has 0 aromatic heterocycles. The Morgan fingerprint density at radius 2 is 1.58 bits per heavy atom. The van der Waals surface area contributed by atoms with Gasteiger partial charge < -0.3 is 19.7 Å². The summed E-state index contributed by atoms with van der Waals surface area (Å²) >= 11 is 3.54. The van der Waals surface area contributed by atoms with Crippen LogP contribution in [0.2, 0.25) is 0 Å². The van der Waals surface area contributed by atoms with Crippen molar-refractivity contribution in [2.75, 3.05) is 16.8 Å². The molecule has 0 fully saturated rings. The average molecular weight is 543 g/mol. The van der Waals surface area contributed by atoms with E-state index in [1.165, 1.54) is 0 Å². The van der Waals surface area contributed by atoms with Crippen LogP contribution in [0.15, 0.2) is 102 Å². The molecular weight excluding hydrogens is 520 g/mol. The van der Waals surface area contributed by atoms with Gasteiger partial charge in [-0.25, -0.2) is 0 Å². The monoisotopic (exact) mass is 542 g/mol. The largest absolute Gasteiger partial charge is 0.489 e. The maximum atomic E-state index is 13.0. The molecule has 0 bridgehead atoms. The van der Waals surface area contributed by atoms with Gasteiger partial charge in [0.25, 0.3) is 11.8 Å². The van der Waals surface area contributed by atoms with Crippen molar-refractivity contribution in [1.29, 1.82) is 0 Å². The number of carbonyl (C=O) groups is 2. The number of carbonyl (C=O) groups excluding carboxylic acids is 2. The number of hydrogen-bond acceptors (Lipinski definition) is 4. The molecule has 1 aliphatic rings. The lowest BCUT2D eigenvalue weighted by Crippen LogP contribution is -2.38. The first-order valence-corrected chi connectivity index (χ1v) is 12.2. The Labute approximate surface area is 217 Å². The van der Waals surface area contributed by atoms with E-state index in [1.807, 2.05) is 72.8 Å². The lowest BCUT2D eigenvalue weighted by molar-refractivity contribution is -0.121. The molecule has 0 radical (unpaired) electrons. The van der Waals surface area contributed by atoms with Gasteiger partial charge in [-0.05, 0) is 63.5 Å². The maximum Gasteiger partial charge on any atom is 0.265 e. The third kappa shape index (κ3) is 5.42. The summed E-state index contributed by atoms with van der Waals surface area (Å²) in [5.41, 5.74) is 3.76. The predicted molar refractivity (Wildman–Crippen MR) is 142 cm³/mol. The molecular formula is C29H23BrN2O4. The van der Waals surface area contributed by atoms with Crippen molar-refractivity contribution in [3.63, 3.8) is 0 Å². The molecule has 0 saturated carbocycles. The van der Waals surface area contributed by atoms with E-state index in [1.54, 1.807) is 29.2 Å². The van der Waals surface area contributed by atoms with Crippen LogP contribution < -0.4 is 19.7 Å². The molecule has 180 valence electrons. The van der Waals surface area contributed by atoms with Gasteiger partial charge in [-0.2, -0.15) is 0 Å². The van der Waals surface area contributed by atoms with Crippen molar-refractivity contribution in [1.82, 2.24) is 0 Å². The number of ether oxygens (including phenoxy) is 2. The molecule has 0 atom stereocenters. The summed E-state index contributed by atoms with van der Waals surface area (Å²) in [6.45, 7) is 0.806. The minimum absolute atomic E-state index is 0.0816. The van der Waals surface area contributed by atoms with E-state index in [9.17, 15) is 9.59 Å². The van der Waals surface area contributed by atoms with Gasteiger partial charge in [0.2, 0.25) is 0 Å². The second kappa shape index (κ2) is 10.7. The van der Waals surface area contributed by atoms with Gasteiger partial charge in [0.15, 0.2) is 6.61 Å². The fraction of sp³-hybridized carbons (Fsp3) is 0.103. The SMILES string of the molecule is O=C(Nc1ccc(OCc2ccccc2)cc1)c1cc(Br)c2c(c1)OCC(=O)N2Cc1ccccc1. The smallest absolute Gasteiger partial charge is 0.265 e. The molecule has 1 aliphatic heterocycles. The maximum absolute atomic E-state index is 13.0. The Hall–Kier alpha value is -4.10. The lowest BCUT2D eigenvalue weighted by atomic mass is 10.1. The quantitative estimate of drug-likeness (QED) is 0.301. The number of nitrogens with zero attached hydrogens (tertiary/aromatic N) is 1. The molecule has 1 heterocycles. The van der Waals surface area contributed by atoms with Gasteiger partial charge >= 0.3 is 0 Å². The van der Waals surface area contributed by atoms with E-state index in [0.717, 1.165) is 11.1 Å². The van der Waals surface area contributed by atoms with Crippen LogP contribution in [0.3, 0.4) is 0 Å². The second-order valence-corrected chi connectivity index (χ2v) is 9.17. The van der Waals surface area contributed by atoms with Gasteiger partial charge in [-0.1, -0.05) is 60.7 Å². The van der Waals surface area contributed by atoms with Gasteiger partial charge in [0, 0.05) is 15.7 Å². The van der Waals surface area contributed by atoms with Crippen LogP contribution >= 0.6 is 15.9 Å². The summed E-state index contributed by atoms with van der Waals surface area (Å²) in [5, 5.41) is 2.90. The van der Waals surface area contributed by atoms with Crippen molar-refractivity contribution >= 4 is 39.1 Å². The third-order valence-electron chi connectivity index (χ3n) is 5.76. The number of halogens is 1. The molecule has 4 aromatic rings. The Morgan fingerprint density at radius 3 is 2.28 bits per heavy atom. The van der Waals surface area contributed by atoms with Crippen molar-refractivity contribution in [2.45, 2.75) is 13.2 Å². The van der Waals surface area contributed by atoms with Crippen LogP contribution in [0, 0.1) is 0 Å². The zero-order chi connectivity index (χ0) is 24.9. The van der Waals surface area contributed by atoms with Crippen LogP contribution in [0.25, 0.3) is 0 Å². The standard InChI is InChI=1S/C29H23BrN2O4/c30-25-15-22(16-26-28(25)32(27(33)19-36-26)17-20-7-3-1-4-8-20)29(34)31-23-11-13-24(14-12-23)35-18-21-9-5-2-6-10-21/h1-16H,17-19H2,(H,31,34). The van der Waals surface area contributed by atoms with E-state index in [0.29, 0.717) is 46.1 Å². The number of hydrogen-bond donors (Lipinski definition) is 1. The van der Waals surface area contributed by atoms with Gasteiger partial charge in [0.05, 0.1) is 6.54 Å². The Kier molecular flexibility index (Phi) is 7.00. The summed E-state index contributed by atoms with van der Waals surface area (Å²) in [6, 6.07) is 30.3. The van der Waals surface area contributed by atoms with Crippen LogP contribution in [0.1, 0.15) is 21.5 Å². The number of rotatable bonds is 7. The Morgan fingerprint density at radius 1 is 0.917 bits per heavy atom. The zero-order valence-electron chi connectivity index (χ0n) is 19.3. The molecule has 2 amide bonds. The minimum atomic E-state index is -0.286. The first-order chi connectivity index (χ1) is 17.6. The van der Waals surface area contributed by atoms with Crippen molar-refractivity contribution in [3.8, 4) is 11.5 Å². The molecule has 7 heteroatoms. The van der Waals surface area contributed by atoms with Crippen LogP contribution in [-0.2, 0) is 17.9 Å². The van der Waals surface area contributed by atoms with Crippen molar-refractivity contribution in [2.24, 2.45) is 0 Å². The molecule has 0 saturated heterocycles. The lowest BCUT2D eigenvalue weighted by Gasteiger charge is -2.30. The molecule has 4 aromatic carbocycles. The molecule has 0 unspecified atom stereocenters. The number of benzene rings is 4. The summed E-state index contributed by atoms with van der Waals surface area (Å²) in [7, 11) is 0. The summed E-state index contributed by atoms with van der Waals surface area (Å²) in [5.74, 6) is 0.769. The predicted octanol–water partition coefficient (Wildman–Crippen LogP) is 6.21. The van der Waals surface area contributed by atoms with Crippen LogP contribution in [0.5, 0.6) is 11.5 Å². The van der Waals surface area contributed by atoms with E-state index in [4.69, 9.17) is 9.47 Å². The summed E-state index contributed by atoms with van der Waals surface area (Å²) < 4.78 is 12.1. The topological polar surface area (TPSA) is 67.9 Å². The van der Waals surface area contributed by atoms with E-state index in [2.05, 4.69) is 21.2 Å². The number of anilines is 2. The minimum Gasteiger partial charge on any atom is -0.489 e. The van der Waals surface area contributed by atoms with Crippen molar-refractivity contribution < 1.29 is 19.1 Å². The number of nitrogens with one attached hydrogen (secondary N) is 1. The molecule has 36 heavy (non-hydrogen) atoms. The zero-order valence-corrected chi connectivity index (χ0v) is 20.9. The Bertz CT molecular complexity index is 1380. The highest BCUT2D eigenvalue weighted by molar-refractivity contribution is 9.10. The summed E-state index contributed by atoms with van der Waals surface area (Å²) in [4.78, 5) is 27.3. The average Bonchev–Trinajstić information content (AvgIpc) is 2.91. The normalized spacial score (nSPS) is 12.5. The van der Waals surface area contributed by atoms with E-state index in [-0.39, 0.29) is 18.4 Å². The van der Waals surface area contributed by atoms with Crippen molar-refractivity contribution in [3.05, 3.63) is 118 Å².